The van der Waals surface area contributed by atoms with Gasteiger partial charge >= 0.3 is 0 Å². The summed E-state index contributed by atoms with van der Waals surface area (Å²) in [6.07, 6.45) is 1.58. The number of carbonyl (C=O) groups excluding carboxylic acids is 2. The number of hydrogen-bond donors (Lipinski definition) is 1. The van der Waals surface area contributed by atoms with Crippen LogP contribution in [0.2, 0.25) is 0 Å². The van der Waals surface area contributed by atoms with Crippen LogP contribution in [0, 0.1) is 19.7 Å². The number of halogens is 1. The predicted octanol–water partition coefficient (Wildman–Crippen LogP) is 4.06. The first-order chi connectivity index (χ1) is 14.8. The molecule has 0 radical (unpaired) electrons. The second-order valence-corrected chi connectivity index (χ2v) is 7.72. The van der Waals surface area contributed by atoms with Crippen LogP contribution in [0.5, 0.6) is 0 Å². The number of amides is 2. The zero-order valence-electron chi connectivity index (χ0n) is 17.1. The maximum absolute atomic E-state index is 13.3. The summed E-state index contributed by atoms with van der Waals surface area (Å²) >= 11 is 5.23. The quantitative estimate of drug-likeness (QED) is 0.384. The molecule has 3 aromatic rings. The van der Waals surface area contributed by atoms with E-state index in [-0.39, 0.29) is 23.0 Å². The Hall–Kier alpha value is -3.58. The molecule has 0 saturated carbocycles. The molecule has 156 valence electrons. The molecule has 31 heavy (non-hydrogen) atoms. The summed E-state index contributed by atoms with van der Waals surface area (Å²) in [5.74, 6) is -1.28. The lowest BCUT2D eigenvalue weighted by Gasteiger charge is -2.29. The van der Waals surface area contributed by atoms with Crippen LogP contribution < -0.4 is 5.32 Å². The van der Waals surface area contributed by atoms with Crippen molar-refractivity contribution in [3.63, 3.8) is 0 Å². The molecular formula is C24H20FN3O2S. The second kappa shape index (κ2) is 8.28. The van der Waals surface area contributed by atoms with Crippen molar-refractivity contribution in [1.29, 1.82) is 0 Å². The summed E-state index contributed by atoms with van der Waals surface area (Å²) < 4.78 is 15.3. The Morgan fingerprint density at radius 1 is 1.03 bits per heavy atom. The Morgan fingerprint density at radius 2 is 1.71 bits per heavy atom. The standard InChI is InChI=1S/C24H20FN3O2S/c1-15-12-18(16(2)28(15)20-10-8-19(25)9-11-20)13-21-22(29)26-24(31)27(23(21)30)14-17-6-4-3-5-7-17/h3-13H,14H2,1-2H3,(H,26,29,31)/b21-13-. The molecule has 1 saturated heterocycles. The molecule has 0 unspecified atom stereocenters. The molecular weight excluding hydrogens is 413 g/mol. The Balaban J connectivity index is 1.69. The topological polar surface area (TPSA) is 54.3 Å². The van der Waals surface area contributed by atoms with Crippen molar-refractivity contribution < 1.29 is 14.0 Å². The van der Waals surface area contributed by atoms with Gasteiger partial charge < -0.3 is 4.57 Å². The lowest BCUT2D eigenvalue weighted by molar-refractivity contribution is -0.129. The number of thiocarbonyl (C=S) groups is 1. The third-order valence-electron chi connectivity index (χ3n) is 5.22. The fraction of sp³-hybridized carbons (Fsp3) is 0.125. The predicted molar refractivity (Wildman–Crippen MR) is 121 cm³/mol. The van der Waals surface area contributed by atoms with Gasteiger partial charge in [-0.25, -0.2) is 4.39 Å². The van der Waals surface area contributed by atoms with Gasteiger partial charge in [0.15, 0.2) is 5.11 Å². The van der Waals surface area contributed by atoms with E-state index >= 15 is 0 Å². The average Bonchev–Trinajstić information content (AvgIpc) is 3.03. The second-order valence-electron chi connectivity index (χ2n) is 7.33. The van der Waals surface area contributed by atoms with E-state index in [0.29, 0.717) is 0 Å². The highest BCUT2D eigenvalue weighted by Crippen LogP contribution is 2.25. The Kier molecular flexibility index (Phi) is 5.52. The highest BCUT2D eigenvalue weighted by molar-refractivity contribution is 7.80. The fourth-order valence-corrected chi connectivity index (χ4v) is 3.92. The van der Waals surface area contributed by atoms with Crippen LogP contribution in [-0.4, -0.2) is 26.4 Å². The lowest BCUT2D eigenvalue weighted by atomic mass is 10.1. The van der Waals surface area contributed by atoms with Gasteiger partial charge in [-0.05, 0) is 73.6 Å². The molecule has 2 amide bonds. The fourth-order valence-electron chi connectivity index (χ4n) is 3.68. The molecule has 7 heteroatoms. The Bertz CT molecular complexity index is 1210. The minimum Gasteiger partial charge on any atom is -0.318 e. The van der Waals surface area contributed by atoms with Gasteiger partial charge in [0.05, 0.1) is 6.54 Å². The first kappa shape index (κ1) is 20.7. The van der Waals surface area contributed by atoms with Crippen LogP contribution in [0.1, 0.15) is 22.5 Å². The van der Waals surface area contributed by atoms with Crippen molar-refractivity contribution in [2.75, 3.05) is 0 Å². The third kappa shape index (κ3) is 4.04. The van der Waals surface area contributed by atoms with Gasteiger partial charge in [0, 0.05) is 17.1 Å². The highest BCUT2D eigenvalue weighted by atomic mass is 32.1. The summed E-state index contributed by atoms with van der Waals surface area (Å²) in [6, 6.07) is 17.5. The molecule has 0 bridgehead atoms. The van der Waals surface area contributed by atoms with E-state index in [9.17, 15) is 14.0 Å². The van der Waals surface area contributed by atoms with Gasteiger partial charge in [0.2, 0.25) is 0 Å². The highest BCUT2D eigenvalue weighted by Gasteiger charge is 2.33. The maximum atomic E-state index is 13.3. The van der Waals surface area contributed by atoms with Crippen molar-refractivity contribution in [3.8, 4) is 5.69 Å². The van der Waals surface area contributed by atoms with E-state index in [1.807, 2.05) is 54.8 Å². The van der Waals surface area contributed by atoms with E-state index in [1.165, 1.54) is 17.0 Å². The number of rotatable bonds is 4. The SMILES string of the molecule is Cc1cc(/C=C2/C(=O)NC(=S)N(Cc3ccccc3)C2=O)c(C)n1-c1ccc(F)cc1. The van der Waals surface area contributed by atoms with Gasteiger partial charge in [-0.2, -0.15) is 0 Å². The molecule has 0 spiro atoms. The van der Waals surface area contributed by atoms with Crippen molar-refractivity contribution in [2.45, 2.75) is 20.4 Å². The van der Waals surface area contributed by atoms with Crippen LogP contribution in [0.15, 0.2) is 66.2 Å². The summed E-state index contributed by atoms with van der Waals surface area (Å²) in [6.45, 7) is 4.07. The molecule has 1 fully saturated rings. The van der Waals surface area contributed by atoms with Crippen molar-refractivity contribution >= 4 is 35.2 Å². The number of nitrogens with zero attached hydrogens (tertiary/aromatic N) is 2. The molecule has 1 aliphatic rings. The summed E-state index contributed by atoms with van der Waals surface area (Å²) in [7, 11) is 0. The summed E-state index contributed by atoms with van der Waals surface area (Å²) in [5.41, 5.74) is 4.18. The van der Waals surface area contributed by atoms with Crippen molar-refractivity contribution in [2.24, 2.45) is 0 Å². The smallest absolute Gasteiger partial charge is 0.265 e. The van der Waals surface area contributed by atoms with Crippen molar-refractivity contribution in [3.05, 3.63) is 94.6 Å². The van der Waals surface area contributed by atoms with E-state index in [2.05, 4.69) is 5.32 Å². The van der Waals surface area contributed by atoms with E-state index in [1.54, 1.807) is 18.2 Å². The van der Waals surface area contributed by atoms with Gasteiger partial charge in [-0.1, -0.05) is 30.3 Å². The monoisotopic (exact) mass is 433 g/mol. The third-order valence-corrected chi connectivity index (χ3v) is 5.55. The molecule has 2 heterocycles. The minimum atomic E-state index is -0.522. The Morgan fingerprint density at radius 3 is 2.39 bits per heavy atom. The first-order valence-electron chi connectivity index (χ1n) is 9.73. The van der Waals surface area contributed by atoms with Gasteiger partial charge in [-0.15, -0.1) is 0 Å². The first-order valence-corrected chi connectivity index (χ1v) is 10.1. The van der Waals surface area contributed by atoms with Crippen LogP contribution in [0.25, 0.3) is 11.8 Å². The zero-order chi connectivity index (χ0) is 22.1. The maximum Gasteiger partial charge on any atom is 0.265 e. The molecule has 1 aliphatic heterocycles. The molecule has 1 aromatic heterocycles. The summed E-state index contributed by atoms with van der Waals surface area (Å²) in [5, 5.41) is 2.70. The number of nitrogens with one attached hydrogen (secondary N) is 1. The van der Waals surface area contributed by atoms with Crippen LogP contribution in [0.4, 0.5) is 4.39 Å². The minimum absolute atomic E-state index is 0.0175. The molecule has 0 atom stereocenters. The normalized spacial score (nSPS) is 15.5. The van der Waals surface area contributed by atoms with Gasteiger partial charge in [0.1, 0.15) is 11.4 Å². The number of carbonyl (C=O) groups is 2. The zero-order valence-corrected chi connectivity index (χ0v) is 17.9. The van der Waals surface area contributed by atoms with Gasteiger partial charge in [0.25, 0.3) is 11.8 Å². The van der Waals surface area contributed by atoms with Crippen LogP contribution >= 0.6 is 12.2 Å². The molecule has 1 N–H and O–H groups in total. The van der Waals surface area contributed by atoms with E-state index in [0.717, 1.165) is 28.2 Å². The average molecular weight is 434 g/mol. The number of benzene rings is 2. The molecule has 0 aliphatic carbocycles. The van der Waals surface area contributed by atoms with E-state index in [4.69, 9.17) is 12.2 Å². The number of aromatic nitrogens is 1. The van der Waals surface area contributed by atoms with Crippen molar-refractivity contribution in [1.82, 2.24) is 14.8 Å². The Labute approximate surface area is 184 Å². The van der Waals surface area contributed by atoms with E-state index < -0.39 is 11.8 Å². The largest absolute Gasteiger partial charge is 0.318 e. The molecule has 5 nitrogen and oxygen atoms in total. The number of hydrogen-bond acceptors (Lipinski definition) is 3. The number of aryl methyl sites for hydroxylation is 1. The van der Waals surface area contributed by atoms with Crippen LogP contribution in [0.3, 0.4) is 0 Å². The van der Waals surface area contributed by atoms with Gasteiger partial charge in [-0.3, -0.25) is 19.8 Å². The molecule has 2 aromatic carbocycles. The lowest BCUT2D eigenvalue weighted by Crippen LogP contribution is -2.53. The van der Waals surface area contributed by atoms with Crippen LogP contribution in [-0.2, 0) is 16.1 Å². The summed E-state index contributed by atoms with van der Waals surface area (Å²) in [4.78, 5) is 27.1. The molecule has 4 rings (SSSR count).